The van der Waals surface area contributed by atoms with Crippen LogP contribution in [0.4, 0.5) is 0 Å². The molecule has 0 unspecified atom stereocenters. The second-order valence-electron chi connectivity index (χ2n) is 13.0. The van der Waals surface area contributed by atoms with Crippen molar-refractivity contribution in [1.29, 1.82) is 0 Å². The van der Waals surface area contributed by atoms with Crippen molar-refractivity contribution in [3.8, 4) is 0 Å². The van der Waals surface area contributed by atoms with Gasteiger partial charge in [-0.05, 0) is 24.6 Å². The molecule has 0 radical (unpaired) electrons. The van der Waals surface area contributed by atoms with Gasteiger partial charge in [0.05, 0.1) is 37.6 Å². The van der Waals surface area contributed by atoms with Crippen LogP contribution in [0, 0.1) is 11.8 Å². The van der Waals surface area contributed by atoms with E-state index in [1.165, 1.54) is 25.3 Å². The van der Waals surface area contributed by atoms with Gasteiger partial charge >= 0.3 is 17.9 Å². The molecule has 51 heavy (non-hydrogen) atoms. The van der Waals surface area contributed by atoms with Gasteiger partial charge in [0, 0.05) is 25.8 Å². The van der Waals surface area contributed by atoms with E-state index < -0.39 is 128 Å². The highest BCUT2D eigenvalue weighted by Gasteiger charge is 2.77. The van der Waals surface area contributed by atoms with E-state index in [4.69, 9.17) is 42.6 Å². The van der Waals surface area contributed by atoms with Gasteiger partial charge in [0.15, 0.2) is 30.9 Å². The van der Waals surface area contributed by atoms with E-state index in [-0.39, 0.29) is 0 Å². The highest BCUT2D eigenvalue weighted by molar-refractivity contribution is 5.87. The van der Waals surface area contributed by atoms with Crippen molar-refractivity contribution >= 4 is 24.0 Å². The lowest BCUT2D eigenvalue weighted by Crippen LogP contribution is -2.62. The van der Waals surface area contributed by atoms with Crippen molar-refractivity contribution < 1.29 is 82.5 Å². The molecule has 0 aromatic heterocycles. The van der Waals surface area contributed by atoms with Gasteiger partial charge in [-0.3, -0.25) is 9.59 Å². The van der Waals surface area contributed by atoms with Gasteiger partial charge < -0.3 is 68.2 Å². The van der Waals surface area contributed by atoms with Crippen LogP contribution in [0.3, 0.4) is 0 Å². The molecule has 5 N–H and O–H groups in total. The van der Waals surface area contributed by atoms with Crippen LogP contribution >= 0.6 is 0 Å². The molecule has 0 bridgehead atoms. The molecule has 1 aromatic carbocycles. The van der Waals surface area contributed by atoms with E-state index >= 15 is 0 Å². The number of rotatable bonds is 11. The number of carbonyl (C=O) groups is 3. The number of carbonyl (C=O) groups excluding carboxylic acids is 3. The van der Waals surface area contributed by atoms with Gasteiger partial charge in [-0.25, -0.2) is 4.79 Å². The maximum absolute atomic E-state index is 13.1. The Labute approximate surface area is 292 Å². The molecule has 280 valence electrons. The van der Waals surface area contributed by atoms with Crippen LogP contribution in [0.5, 0.6) is 0 Å². The number of benzene rings is 1. The first kappa shape index (κ1) is 37.3. The Balaban J connectivity index is 1.24. The Bertz CT molecular complexity index is 1470. The molecule has 4 fully saturated rings. The van der Waals surface area contributed by atoms with Crippen LogP contribution in [0.2, 0.25) is 0 Å². The van der Waals surface area contributed by atoms with E-state index in [0.29, 0.717) is 0 Å². The minimum atomic E-state index is -1.72. The molecular weight excluding hydrogens is 680 g/mol. The van der Waals surface area contributed by atoms with Crippen LogP contribution < -0.4 is 0 Å². The third-order valence-electron chi connectivity index (χ3n) is 9.68. The average molecular weight is 723 g/mol. The SMILES string of the molecule is CC(=O)O[C@@H]1[C@@H](OC(=O)/C=C/c2ccccc2)[C@@H](OC(C)=O)[C@H](O[C@H]2[C@@H]3C=CO[C@@H](O[C@@H]4O[C@H](CO)[C@@H](O)[C@H](O)[C@H]4O)[C@@H]3[C@@]3(CO)O[C@@H]23)O[C@H]1C. The first-order valence-corrected chi connectivity index (χ1v) is 16.5. The van der Waals surface area contributed by atoms with E-state index in [2.05, 4.69) is 0 Å². The molecule has 0 spiro atoms. The molecule has 0 amide bonds. The van der Waals surface area contributed by atoms with Gasteiger partial charge in [-0.1, -0.05) is 30.3 Å². The zero-order valence-corrected chi connectivity index (χ0v) is 27.9. The van der Waals surface area contributed by atoms with Crippen LogP contribution in [0.1, 0.15) is 26.3 Å². The van der Waals surface area contributed by atoms with Gasteiger partial charge in [-0.2, -0.15) is 0 Å². The summed E-state index contributed by atoms with van der Waals surface area (Å²) in [6.07, 6.45) is -11.5. The topological polar surface area (TPSA) is 239 Å². The van der Waals surface area contributed by atoms with Crippen LogP contribution in [0.15, 0.2) is 48.7 Å². The first-order valence-electron chi connectivity index (χ1n) is 16.5. The van der Waals surface area contributed by atoms with E-state index in [1.807, 2.05) is 6.07 Å². The zero-order valence-electron chi connectivity index (χ0n) is 27.9. The molecule has 6 rings (SSSR count). The lowest BCUT2D eigenvalue weighted by atomic mass is 9.85. The summed E-state index contributed by atoms with van der Waals surface area (Å²) in [5.74, 6) is -3.71. The largest absolute Gasteiger partial charge is 0.472 e. The fourth-order valence-electron chi connectivity index (χ4n) is 7.25. The maximum atomic E-state index is 13.1. The van der Waals surface area contributed by atoms with Crippen molar-refractivity contribution in [2.24, 2.45) is 11.8 Å². The van der Waals surface area contributed by atoms with Crippen molar-refractivity contribution in [2.75, 3.05) is 13.2 Å². The molecule has 17 nitrogen and oxygen atoms in total. The lowest BCUT2D eigenvalue weighted by Gasteiger charge is -2.45. The summed E-state index contributed by atoms with van der Waals surface area (Å²) in [5, 5.41) is 51.2. The lowest BCUT2D eigenvalue weighted by molar-refractivity contribution is -0.347. The molecule has 4 heterocycles. The number of fused-ring (bicyclic) bond motifs is 3. The highest BCUT2D eigenvalue weighted by Crippen LogP contribution is 2.61. The number of epoxide rings is 1. The maximum Gasteiger partial charge on any atom is 0.331 e. The van der Waals surface area contributed by atoms with Crippen LogP contribution in [-0.4, -0.2) is 142 Å². The molecule has 1 aromatic rings. The van der Waals surface area contributed by atoms with Crippen molar-refractivity contribution in [2.45, 2.75) is 106 Å². The summed E-state index contributed by atoms with van der Waals surface area (Å²) in [6, 6.07) is 8.96. The minimum absolute atomic E-state index is 0.512. The third kappa shape index (κ3) is 7.41. The number of aliphatic hydroxyl groups is 5. The van der Waals surface area contributed by atoms with Crippen LogP contribution in [-0.2, 0) is 57.0 Å². The Kier molecular flexibility index (Phi) is 11.1. The molecule has 1 saturated carbocycles. The van der Waals surface area contributed by atoms with Gasteiger partial charge in [0.1, 0.15) is 36.1 Å². The number of hydrogen-bond acceptors (Lipinski definition) is 17. The quantitative estimate of drug-likeness (QED) is 0.0769. The summed E-state index contributed by atoms with van der Waals surface area (Å²) >= 11 is 0. The standard InChI is InChI=1S/C34H42O17/c1-15-26(45-16(2)37)28(48-21(39)10-9-18-7-5-4-6-8-18)29(46-17(3)38)33(44-15)49-27-19-11-12-43-31(22(19)34(14-36)30(27)51-34)50-32-25(42)24(41)23(40)20(13-35)47-32/h4-12,15,19-20,22-33,35-36,40-42H,13-14H2,1-3H3/b10-9+/t15-,19+,20+,22+,23+,24-,25+,26-,27-,28+,29+,30-,31-,32-,33-,34+/m0/s1. The van der Waals surface area contributed by atoms with Crippen molar-refractivity contribution in [3.05, 3.63) is 54.3 Å². The summed E-state index contributed by atoms with van der Waals surface area (Å²) in [7, 11) is 0. The van der Waals surface area contributed by atoms with Gasteiger partial charge in [0.25, 0.3) is 0 Å². The number of ether oxygens (including phenoxy) is 9. The zero-order chi connectivity index (χ0) is 36.6. The predicted molar refractivity (Wildman–Crippen MR) is 166 cm³/mol. The van der Waals surface area contributed by atoms with E-state index in [1.54, 1.807) is 37.3 Å². The molecule has 4 aliphatic heterocycles. The number of hydrogen-bond donors (Lipinski definition) is 5. The predicted octanol–water partition coefficient (Wildman–Crippen LogP) is -1.33. The second kappa shape index (κ2) is 15.2. The second-order valence-corrected chi connectivity index (χ2v) is 13.0. The summed E-state index contributed by atoms with van der Waals surface area (Å²) in [4.78, 5) is 37.6. The van der Waals surface area contributed by atoms with Crippen molar-refractivity contribution in [3.63, 3.8) is 0 Å². The molecule has 1 aliphatic carbocycles. The summed E-state index contributed by atoms with van der Waals surface area (Å²) < 4.78 is 52.6. The van der Waals surface area contributed by atoms with Crippen molar-refractivity contribution in [1.82, 2.24) is 0 Å². The van der Waals surface area contributed by atoms with E-state index in [9.17, 15) is 39.9 Å². The Morgan fingerprint density at radius 3 is 2.20 bits per heavy atom. The number of aliphatic hydroxyl groups excluding tert-OH is 5. The Morgan fingerprint density at radius 1 is 0.824 bits per heavy atom. The number of esters is 3. The fraction of sp³-hybridized carbons (Fsp3) is 0.618. The normalized spacial score (nSPS) is 42.7. The smallest absolute Gasteiger partial charge is 0.331 e. The molecule has 5 aliphatic rings. The highest BCUT2D eigenvalue weighted by atomic mass is 16.8. The third-order valence-corrected chi connectivity index (χ3v) is 9.68. The minimum Gasteiger partial charge on any atom is -0.472 e. The molecule has 3 saturated heterocycles. The fourth-order valence-corrected chi connectivity index (χ4v) is 7.25. The summed E-state index contributed by atoms with van der Waals surface area (Å²) in [5.41, 5.74) is -0.556. The van der Waals surface area contributed by atoms with Gasteiger partial charge in [-0.15, -0.1) is 0 Å². The molecular formula is C34H42O17. The molecule has 17 heteroatoms. The van der Waals surface area contributed by atoms with Gasteiger partial charge in [0.2, 0.25) is 6.29 Å². The summed E-state index contributed by atoms with van der Waals surface area (Å²) in [6.45, 7) is 2.69. The monoisotopic (exact) mass is 722 g/mol. The Hall–Kier alpha value is -3.49. The molecule has 16 atom stereocenters. The average Bonchev–Trinajstić information content (AvgIpc) is 3.78. The Morgan fingerprint density at radius 2 is 1.53 bits per heavy atom. The first-order chi connectivity index (χ1) is 24.4. The van der Waals surface area contributed by atoms with E-state index in [0.717, 1.165) is 12.5 Å². The van der Waals surface area contributed by atoms with Crippen LogP contribution in [0.25, 0.3) is 6.08 Å².